The number of aryl methyl sites for hydroxylation is 1. The summed E-state index contributed by atoms with van der Waals surface area (Å²) in [6.45, 7) is 3.64. The lowest BCUT2D eigenvalue weighted by Gasteiger charge is -2.07. The molecule has 2 amide bonds. The van der Waals surface area contributed by atoms with Gasteiger partial charge in [-0.3, -0.25) is 14.6 Å². The maximum absolute atomic E-state index is 12.5. The van der Waals surface area contributed by atoms with Crippen LogP contribution >= 0.6 is 11.3 Å². The molecule has 0 spiro atoms. The van der Waals surface area contributed by atoms with Gasteiger partial charge in [-0.1, -0.05) is 18.2 Å². The van der Waals surface area contributed by atoms with E-state index in [-0.39, 0.29) is 11.8 Å². The molecule has 26 heavy (non-hydrogen) atoms. The van der Waals surface area contributed by atoms with E-state index in [2.05, 4.69) is 20.6 Å². The molecule has 1 aromatic carbocycles. The minimum atomic E-state index is -0.174. The molecule has 0 aliphatic heterocycles. The van der Waals surface area contributed by atoms with Crippen LogP contribution < -0.4 is 10.6 Å². The maximum atomic E-state index is 12.5. The van der Waals surface area contributed by atoms with Gasteiger partial charge in [0.2, 0.25) is 5.91 Å². The highest BCUT2D eigenvalue weighted by Gasteiger charge is 2.16. The number of amides is 2. The standard InChI is InChI=1S/C19H18N4O2S/c1-12-17(26-19(22-12)16-8-3-4-9-20-16)18(25)21-11-14-6-5-7-15(10-14)23-13(2)24/h3-10H,11H2,1-2H3,(H,21,25)(H,23,24). The zero-order chi connectivity index (χ0) is 18.5. The molecule has 0 unspecified atom stereocenters. The van der Waals surface area contributed by atoms with E-state index in [0.29, 0.717) is 22.8 Å². The molecule has 3 rings (SSSR count). The molecule has 0 saturated carbocycles. The van der Waals surface area contributed by atoms with Crippen LogP contribution in [0.25, 0.3) is 10.7 Å². The largest absolute Gasteiger partial charge is 0.347 e. The van der Waals surface area contributed by atoms with E-state index in [0.717, 1.165) is 16.3 Å². The lowest BCUT2D eigenvalue weighted by molar-refractivity contribution is -0.114. The van der Waals surface area contributed by atoms with E-state index in [1.807, 2.05) is 43.3 Å². The van der Waals surface area contributed by atoms with Crippen molar-refractivity contribution < 1.29 is 9.59 Å². The van der Waals surface area contributed by atoms with Gasteiger partial charge in [-0.25, -0.2) is 4.98 Å². The van der Waals surface area contributed by atoms with Crippen LogP contribution in [-0.2, 0) is 11.3 Å². The van der Waals surface area contributed by atoms with Crippen molar-refractivity contribution in [1.82, 2.24) is 15.3 Å². The molecular weight excluding hydrogens is 348 g/mol. The number of pyridine rings is 1. The van der Waals surface area contributed by atoms with Crippen LogP contribution in [0.5, 0.6) is 0 Å². The van der Waals surface area contributed by atoms with Crippen molar-refractivity contribution in [3.63, 3.8) is 0 Å². The Morgan fingerprint density at radius 2 is 2.00 bits per heavy atom. The van der Waals surface area contributed by atoms with Crippen molar-refractivity contribution in [2.24, 2.45) is 0 Å². The normalized spacial score (nSPS) is 10.4. The van der Waals surface area contributed by atoms with Crippen molar-refractivity contribution in [1.29, 1.82) is 0 Å². The zero-order valence-electron chi connectivity index (χ0n) is 14.4. The number of aromatic nitrogens is 2. The van der Waals surface area contributed by atoms with E-state index in [1.165, 1.54) is 18.3 Å². The lowest BCUT2D eigenvalue weighted by Crippen LogP contribution is -2.22. The molecule has 3 aromatic rings. The van der Waals surface area contributed by atoms with Gasteiger partial charge in [0.05, 0.1) is 11.4 Å². The van der Waals surface area contributed by atoms with E-state index < -0.39 is 0 Å². The van der Waals surface area contributed by atoms with Crippen LogP contribution in [0.15, 0.2) is 48.7 Å². The summed E-state index contributed by atoms with van der Waals surface area (Å²) in [5, 5.41) is 6.35. The number of anilines is 1. The Hall–Kier alpha value is -3.06. The first-order valence-electron chi connectivity index (χ1n) is 8.06. The number of rotatable bonds is 5. The smallest absolute Gasteiger partial charge is 0.263 e. The first kappa shape index (κ1) is 17.8. The highest BCUT2D eigenvalue weighted by atomic mass is 32.1. The van der Waals surface area contributed by atoms with Gasteiger partial charge in [0.15, 0.2) is 0 Å². The molecule has 6 nitrogen and oxygen atoms in total. The summed E-state index contributed by atoms with van der Waals surface area (Å²) in [7, 11) is 0. The van der Waals surface area contributed by atoms with Gasteiger partial charge < -0.3 is 10.6 Å². The Labute approximate surface area is 155 Å². The van der Waals surface area contributed by atoms with Crippen LogP contribution in [0.4, 0.5) is 5.69 Å². The van der Waals surface area contributed by atoms with Gasteiger partial charge in [-0.05, 0) is 36.8 Å². The molecule has 0 fully saturated rings. The van der Waals surface area contributed by atoms with E-state index in [4.69, 9.17) is 0 Å². The highest BCUT2D eigenvalue weighted by Crippen LogP contribution is 2.26. The Bertz CT molecular complexity index is 938. The van der Waals surface area contributed by atoms with Gasteiger partial charge in [0, 0.05) is 25.4 Å². The van der Waals surface area contributed by atoms with Crippen LogP contribution in [0.2, 0.25) is 0 Å². The number of hydrogen-bond acceptors (Lipinski definition) is 5. The van der Waals surface area contributed by atoms with Crippen LogP contribution in [0.3, 0.4) is 0 Å². The van der Waals surface area contributed by atoms with Crippen molar-refractivity contribution in [3.05, 3.63) is 64.8 Å². The van der Waals surface area contributed by atoms with Crippen molar-refractivity contribution in [3.8, 4) is 10.7 Å². The van der Waals surface area contributed by atoms with E-state index in [9.17, 15) is 9.59 Å². The monoisotopic (exact) mass is 366 g/mol. The molecule has 0 aliphatic carbocycles. The molecule has 0 aliphatic rings. The fourth-order valence-corrected chi connectivity index (χ4v) is 3.39. The Balaban J connectivity index is 1.69. The minimum absolute atomic E-state index is 0.131. The third-order valence-electron chi connectivity index (χ3n) is 3.59. The number of thiazole rings is 1. The molecule has 0 saturated heterocycles. The number of benzene rings is 1. The minimum Gasteiger partial charge on any atom is -0.347 e. The van der Waals surface area contributed by atoms with Crippen LogP contribution in [-0.4, -0.2) is 21.8 Å². The molecule has 132 valence electrons. The molecule has 0 radical (unpaired) electrons. The predicted molar refractivity (Wildman–Crippen MR) is 102 cm³/mol. The number of carbonyl (C=O) groups is 2. The van der Waals surface area contributed by atoms with Gasteiger partial charge in [-0.15, -0.1) is 11.3 Å². The molecular formula is C19H18N4O2S. The average Bonchev–Trinajstić information content (AvgIpc) is 3.02. The van der Waals surface area contributed by atoms with Crippen molar-refractivity contribution >= 4 is 28.8 Å². The van der Waals surface area contributed by atoms with Crippen molar-refractivity contribution in [2.75, 3.05) is 5.32 Å². The predicted octanol–water partition coefficient (Wildman–Crippen LogP) is 3.40. The molecule has 2 aromatic heterocycles. The van der Waals surface area contributed by atoms with E-state index in [1.54, 1.807) is 12.3 Å². The maximum Gasteiger partial charge on any atom is 0.263 e. The molecule has 7 heteroatoms. The lowest BCUT2D eigenvalue weighted by atomic mass is 10.2. The summed E-state index contributed by atoms with van der Waals surface area (Å²) in [5.74, 6) is -0.305. The molecule has 2 N–H and O–H groups in total. The summed E-state index contributed by atoms with van der Waals surface area (Å²) in [6, 6.07) is 13.0. The third kappa shape index (κ3) is 4.31. The molecule has 2 heterocycles. The highest BCUT2D eigenvalue weighted by molar-refractivity contribution is 7.17. The first-order valence-corrected chi connectivity index (χ1v) is 8.88. The van der Waals surface area contributed by atoms with Crippen molar-refractivity contribution in [2.45, 2.75) is 20.4 Å². The second-order valence-corrected chi connectivity index (χ2v) is 6.71. The summed E-state index contributed by atoms with van der Waals surface area (Å²) in [4.78, 5) is 33.0. The fourth-order valence-electron chi connectivity index (χ4n) is 2.43. The second-order valence-electron chi connectivity index (χ2n) is 5.71. The SMILES string of the molecule is CC(=O)Nc1cccc(CNC(=O)c2sc(-c3ccccn3)nc2C)c1. The first-order chi connectivity index (χ1) is 12.5. The number of nitrogens with one attached hydrogen (secondary N) is 2. The van der Waals surface area contributed by atoms with Gasteiger partial charge in [0.1, 0.15) is 9.88 Å². The average molecular weight is 366 g/mol. The van der Waals surface area contributed by atoms with E-state index >= 15 is 0 Å². The Morgan fingerprint density at radius 3 is 2.73 bits per heavy atom. The summed E-state index contributed by atoms with van der Waals surface area (Å²) in [6.07, 6.45) is 1.70. The Kier molecular flexibility index (Phi) is 5.38. The van der Waals surface area contributed by atoms with Crippen LogP contribution in [0.1, 0.15) is 27.9 Å². The fraction of sp³-hybridized carbons (Fsp3) is 0.158. The topological polar surface area (TPSA) is 84.0 Å². The quantitative estimate of drug-likeness (QED) is 0.725. The van der Waals surface area contributed by atoms with Gasteiger partial charge in [-0.2, -0.15) is 0 Å². The van der Waals surface area contributed by atoms with Gasteiger partial charge >= 0.3 is 0 Å². The summed E-state index contributed by atoms with van der Waals surface area (Å²) < 4.78 is 0. The number of nitrogens with zero attached hydrogens (tertiary/aromatic N) is 2. The Morgan fingerprint density at radius 1 is 1.15 bits per heavy atom. The summed E-state index contributed by atoms with van der Waals surface area (Å²) in [5.41, 5.74) is 3.04. The molecule has 0 bridgehead atoms. The number of hydrogen-bond donors (Lipinski definition) is 2. The third-order valence-corrected chi connectivity index (χ3v) is 4.77. The zero-order valence-corrected chi connectivity index (χ0v) is 15.3. The number of carbonyl (C=O) groups excluding carboxylic acids is 2. The van der Waals surface area contributed by atoms with Crippen LogP contribution in [0, 0.1) is 6.92 Å². The second kappa shape index (κ2) is 7.88. The summed E-state index contributed by atoms with van der Waals surface area (Å²) >= 11 is 1.32. The van der Waals surface area contributed by atoms with Gasteiger partial charge in [0.25, 0.3) is 5.91 Å². The molecule has 0 atom stereocenters.